The van der Waals surface area contributed by atoms with Gasteiger partial charge in [0.2, 0.25) is 0 Å². The molecule has 0 saturated carbocycles. The maximum absolute atomic E-state index is 11.2. The SMILES string of the molecule is Cl.N[C@H](CS)C(=O)OCc1cc(Cl)nc(Cl)c1. The summed E-state index contributed by atoms with van der Waals surface area (Å²) in [6.07, 6.45) is 0. The minimum Gasteiger partial charge on any atom is -0.460 e. The minimum atomic E-state index is -0.726. The van der Waals surface area contributed by atoms with Crippen LogP contribution in [0.1, 0.15) is 5.56 Å². The van der Waals surface area contributed by atoms with Gasteiger partial charge in [0, 0.05) is 5.75 Å². The lowest BCUT2D eigenvalue weighted by molar-refractivity contribution is -0.145. The van der Waals surface area contributed by atoms with E-state index in [0.29, 0.717) is 5.56 Å². The van der Waals surface area contributed by atoms with Crippen molar-refractivity contribution in [3.63, 3.8) is 0 Å². The van der Waals surface area contributed by atoms with Gasteiger partial charge in [-0.3, -0.25) is 4.79 Å². The number of nitrogens with zero attached hydrogens (tertiary/aromatic N) is 1. The Kier molecular flexibility index (Phi) is 7.91. The summed E-state index contributed by atoms with van der Waals surface area (Å²) in [4.78, 5) is 15.0. The second kappa shape index (κ2) is 8.00. The largest absolute Gasteiger partial charge is 0.460 e. The van der Waals surface area contributed by atoms with Gasteiger partial charge in [-0.2, -0.15) is 12.6 Å². The number of hydrogen-bond donors (Lipinski definition) is 2. The second-order valence-electron chi connectivity index (χ2n) is 3.02. The molecule has 0 aliphatic carbocycles. The summed E-state index contributed by atoms with van der Waals surface area (Å²) in [5.41, 5.74) is 6.08. The minimum absolute atomic E-state index is 0. The predicted octanol–water partition coefficient (Wildman–Crippen LogP) is 2.11. The number of esters is 1. The van der Waals surface area contributed by atoms with Gasteiger partial charge in [0.15, 0.2) is 0 Å². The zero-order valence-electron chi connectivity index (χ0n) is 8.60. The Bertz CT molecular complexity index is 372. The van der Waals surface area contributed by atoms with Crippen LogP contribution in [-0.4, -0.2) is 22.7 Å². The molecule has 1 atom stereocenters. The molecule has 0 aliphatic heterocycles. The summed E-state index contributed by atoms with van der Waals surface area (Å²) >= 11 is 15.3. The lowest BCUT2D eigenvalue weighted by atomic mass is 10.3. The van der Waals surface area contributed by atoms with E-state index in [1.807, 2.05) is 0 Å². The number of carbonyl (C=O) groups excluding carboxylic acids is 1. The molecule has 0 aromatic carbocycles. The van der Waals surface area contributed by atoms with Crippen molar-refractivity contribution < 1.29 is 9.53 Å². The molecule has 0 aliphatic rings. The molecule has 1 rings (SSSR count). The van der Waals surface area contributed by atoms with E-state index in [9.17, 15) is 4.79 Å². The number of thiol groups is 1. The van der Waals surface area contributed by atoms with Crippen LogP contribution in [0.15, 0.2) is 12.1 Å². The van der Waals surface area contributed by atoms with Crippen molar-refractivity contribution in [2.24, 2.45) is 5.73 Å². The number of carbonyl (C=O) groups is 1. The molecular formula is C9H11Cl3N2O2S. The Morgan fingerprint density at radius 2 is 2.00 bits per heavy atom. The molecule has 4 nitrogen and oxygen atoms in total. The molecule has 0 spiro atoms. The predicted molar refractivity (Wildman–Crippen MR) is 73.1 cm³/mol. The average Bonchev–Trinajstić information content (AvgIpc) is 2.23. The molecule has 0 amide bonds. The van der Waals surface area contributed by atoms with Crippen molar-refractivity contribution in [1.82, 2.24) is 4.98 Å². The van der Waals surface area contributed by atoms with Gasteiger partial charge in [0.05, 0.1) is 0 Å². The number of rotatable bonds is 4. The van der Waals surface area contributed by atoms with Crippen LogP contribution in [0.3, 0.4) is 0 Å². The maximum atomic E-state index is 11.2. The zero-order valence-corrected chi connectivity index (χ0v) is 11.8. The van der Waals surface area contributed by atoms with Crippen molar-refractivity contribution >= 4 is 54.2 Å². The van der Waals surface area contributed by atoms with Gasteiger partial charge in [-0.05, 0) is 17.7 Å². The maximum Gasteiger partial charge on any atom is 0.324 e. The highest BCUT2D eigenvalue weighted by Crippen LogP contribution is 2.15. The summed E-state index contributed by atoms with van der Waals surface area (Å²) in [5, 5.41) is 0.495. The van der Waals surface area contributed by atoms with Crippen LogP contribution in [0, 0.1) is 0 Å². The molecule has 0 unspecified atom stereocenters. The van der Waals surface area contributed by atoms with Crippen LogP contribution in [-0.2, 0) is 16.1 Å². The first-order valence-corrected chi connectivity index (χ1v) is 5.77. The summed E-state index contributed by atoms with van der Waals surface area (Å²) in [6, 6.07) is 2.40. The van der Waals surface area contributed by atoms with E-state index < -0.39 is 12.0 Å². The van der Waals surface area contributed by atoms with Crippen LogP contribution in [0.5, 0.6) is 0 Å². The number of aromatic nitrogens is 1. The van der Waals surface area contributed by atoms with E-state index in [4.69, 9.17) is 33.7 Å². The lowest BCUT2D eigenvalue weighted by Gasteiger charge is -2.09. The van der Waals surface area contributed by atoms with Crippen molar-refractivity contribution in [1.29, 1.82) is 0 Å². The number of nitrogens with two attached hydrogens (primary N) is 1. The van der Waals surface area contributed by atoms with Gasteiger partial charge in [-0.1, -0.05) is 23.2 Å². The van der Waals surface area contributed by atoms with Gasteiger partial charge in [-0.15, -0.1) is 12.4 Å². The van der Waals surface area contributed by atoms with Crippen LogP contribution in [0.2, 0.25) is 10.3 Å². The third kappa shape index (κ3) is 5.79. The third-order valence-corrected chi connectivity index (χ3v) is 2.48. The van der Waals surface area contributed by atoms with Gasteiger partial charge < -0.3 is 10.5 Å². The van der Waals surface area contributed by atoms with Crippen LogP contribution in [0.4, 0.5) is 0 Å². The van der Waals surface area contributed by atoms with Crippen molar-refractivity contribution in [2.45, 2.75) is 12.6 Å². The van der Waals surface area contributed by atoms with Crippen LogP contribution < -0.4 is 5.73 Å². The Hall–Kier alpha value is -0.200. The fourth-order valence-electron chi connectivity index (χ4n) is 0.934. The molecule has 1 aromatic rings. The molecule has 2 N–H and O–H groups in total. The van der Waals surface area contributed by atoms with Gasteiger partial charge in [0.25, 0.3) is 0 Å². The number of hydrogen-bond acceptors (Lipinski definition) is 5. The summed E-state index contributed by atoms with van der Waals surface area (Å²) < 4.78 is 4.93. The molecule has 96 valence electrons. The summed E-state index contributed by atoms with van der Waals surface area (Å²) in [7, 11) is 0. The van der Waals surface area contributed by atoms with E-state index in [1.165, 1.54) is 0 Å². The van der Waals surface area contributed by atoms with Gasteiger partial charge in [-0.25, -0.2) is 4.98 Å². The van der Waals surface area contributed by atoms with E-state index in [0.717, 1.165) is 0 Å². The molecule has 0 bridgehead atoms. The third-order valence-electron chi connectivity index (χ3n) is 1.70. The second-order valence-corrected chi connectivity index (χ2v) is 4.16. The topological polar surface area (TPSA) is 65.2 Å². The van der Waals surface area contributed by atoms with Crippen molar-refractivity contribution in [3.05, 3.63) is 28.0 Å². The molecule has 17 heavy (non-hydrogen) atoms. The van der Waals surface area contributed by atoms with Gasteiger partial charge in [0.1, 0.15) is 23.0 Å². The first kappa shape index (κ1) is 16.8. The highest BCUT2D eigenvalue weighted by Gasteiger charge is 2.13. The molecule has 0 fully saturated rings. The van der Waals surface area contributed by atoms with E-state index >= 15 is 0 Å². The average molecular weight is 318 g/mol. The smallest absolute Gasteiger partial charge is 0.324 e. The Morgan fingerprint density at radius 1 is 1.47 bits per heavy atom. The fourth-order valence-corrected chi connectivity index (χ4v) is 1.59. The molecule has 0 radical (unpaired) electrons. The molecule has 1 heterocycles. The van der Waals surface area contributed by atoms with Crippen molar-refractivity contribution in [3.8, 4) is 0 Å². The highest BCUT2D eigenvalue weighted by molar-refractivity contribution is 7.80. The monoisotopic (exact) mass is 316 g/mol. The first-order chi connectivity index (χ1) is 7.52. The quantitative estimate of drug-likeness (QED) is 0.507. The zero-order chi connectivity index (χ0) is 12.1. The Balaban J connectivity index is 0.00000256. The van der Waals surface area contributed by atoms with E-state index in [2.05, 4.69) is 17.6 Å². The molecule has 8 heteroatoms. The Labute approximate surface area is 121 Å². The number of ether oxygens (including phenoxy) is 1. The molecular weight excluding hydrogens is 307 g/mol. The van der Waals surface area contributed by atoms with Gasteiger partial charge >= 0.3 is 5.97 Å². The summed E-state index contributed by atoms with van der Waals surface area (Å²) in [6.45, 7) is 0.0578. The fraction of sp³-hybridized carbons (Fsp3) is 0.333. The first-order valence-electron chi connectivity index (χ1n) is 4.38. The molecule has 0 saturated heterocycles. The summed E-state index contributed by atoms with van der Waals surface area (Å²) in [5.74, 6) is -0.282. The normalized spacial score (nSPS) is 11.5. The number of pyridine rings is 1. The Morgan fingerprint density at radius 3 is 2.47 bits per heavy atom. The van der Waals surface area contributed by atoms with Crippen molar-refractivity contribution in [2.75, 3.05) is 5.75 Å². The van der Waals surface area contributed by atoms with E-state index in [-0.39, 0.29) is 35.1 Å². The van der Waals surface area contributed by atoms with Crippen LogP contribution >= 0.6 is 48.2 Å². The standard InChI is InChI=1S/C9H10Cl2N2O2S.ClH/c10-7-1-5(2-8(11)13-7)3-15-9(14)6(12)4-16;/h1-2,6,16H,3-4,12H2;1H/t6-;/m1./s1. The molecule has 1 aromatic heterocycles. The number of halogens is 3. The van der Waals surface area contributed by atoms with Crippen LogP contribution in [0.25, 0.3) is 0 Å². The van der Waals surface area contributed by atoms with E-state index in [1.54, 1.807) is 12.1 Å². The lowest BCUT2D eigenvalue weighted by Crippen LogP contribution is -2.33. The highest BCUT2D eigenvalue weighted by atomic mass is 35.5.